The van der Waals surface area contributed by atoms with E-state index >= 15 is 0 Å². The fourth-order valence-electron chi connectivity index (χ4n) is 5.24. The molecule has 8 heteroatoms. The van der Waals surface area contributed by atoms with Gasteiger partial charge in [-0.15, -0.1) is 0 Å². The maximum absolute atomic E-state index is 13.3. The van der Waals surface area contributed by atoms with Gasteiger partial charge in [0.05, 0.1) is 26.6 Å². The van der Waals surface area contributed by atoms with Crippen molar-refractivity contribution in [3.05, 3.63) is 113 Å². The Morgan fingerprint density at radius 2 is 1.90 bits per heavy atom. The van der Waals surface area contributed by atoms with Crippen LogP contribution in [0.25, 0.3) is 21.9 Å². The number of aromatic amines is 1. The van der Waals surface area contributed by atoms with E-state index in [4.69, 9.17) is 18.6 Å². The molecule has 0 aliphatic carbocycles. The fourth-order valence-corrected chi connectivity index (χ4v) is 5.24. The van der Waals surface area contributed by atoms with E-state index in [1.165, 1.54) is 0 Å². The number of allylic oxidation sites excluding steroid dienone is 1. The zero-order valence-corrected chi connectivity index (χ0v) is 22.8. The molecule has 0 saturated heterocycles. The van der Waals surface area contributed by atoms with Crippen molar-refractivity contribution in [1.29, 1.82) is 0 Å². The van der Waals surface area contributed by atoms with Gasteiger partial charge in [0.25, 0.3) is 5.91 Å². The number of methoxy groups -OCH3 is 1. The normalized spacial score (nSPS) is 16.9. The molecule has 8 nitrogen and oxygen atoms in total. The molecule has 6 rings (SSSR count). The van der Waals surface area contributed by atoms with Crippen LogP contribution in [0.5, 0.6) is 5.75 Å². The van der Waals surface area contributed by atoms with Crippen LogP contribution in [-0.4, -0.2) is 35.9 Å². The number of carbonyl (C=O) groups is 1. The minimum absolute atomic E-state index is 0.00895. The van der Waals surface area contributed by atoms with E-state index in [-0.39, 0.29) is 24.2 Å². The van der Waals surface area contributed by atoms with Gasteiger partial charge in [-0.2, -0.15) is 0 Å². The fraction of sp³-hybridized carbons (Fsp3) is 0.242. The van der Waals surface area contributed by atoms with Gasteiger partial charge in [0.1, 0.15) is 11.3 Å². The topological polar surface area (TPSA) is 106 Å². The molecule has 0 fully saturated rings. The lowest BCUT2D eigenvalue weighted by Gasteiger charge is -2.29. The van der Waals surface area contributed by atoms with Crippen molar-refractivity contribution < 1.29 is 28.5 Å². The Labute approximate surface area is 237 Å². The Hall–Kier alpha value is -4.53. The number of aromatic nitrogens is 1. The summed E-state index contributed by atoms with van der Waals surface area (Å²) in [5.74, 6) is 0.598. The van der Waals surface area contributed by atoms with Gasteiger partial charge in [-0.05, 0) is 53.5 Å². The molecule has 2 atom stereocenters. The first-order chi connectivity index (χ1) is 20.1. The molecule has 0 saturated carbocycles. The zero-order chi connectivity index (χ0) is 28.2. The Kier molecular flexibility index (Phi) is 7.75. The van der Waals surface area contributed by atoms with Crippen LogP contribution >= 0.6 is 0 Å². The van der Waals surface area contributed by atoms with E-state index in [1.54, 1.807) is 13.4 Å². The number of rotatable bonds is 10. The molecule has 0 unspecified atom stereocenters. The van der Waals surface area contributed by atoms with Gasteiger partial charge < -0.3 is 34.0 Å². The highest BCUT2D eigenvalue weighted by Gasteiger charge is 2.30. The molecular formula is C33H32N2O6. The largest absolute Gasteiger partial charge is 0.497 e. The van der Waals surface area contributed by atoms with E-state index in [9.17, 15) is 9.90 Å². The maximum atomic E-state index is 13.3. The van der Waals surface area contributed by atoms with Crippen molar-refractivity contribution in [2.75, 3.05) is 13.7 Å². The number of benzene rings is 3. The first kappa shape index (κ1) is 26.7. The number of amides is 1. The average Bonchev–Trinajstić information content (AvgIpc) is 3.64. The number of aliphatic hydroxyl groups is 1. The molecule has 41 heavy (non-hydrogen) atoms. The van der Waals surface area contributed by atoms with E-state index < -0.39 is 6.29 Å². The summed E-state index contributed by atoms with van der Waals surface area (Å²) in [5, 5.41) is 14.4. The summed E-state index contributed by atoms with van der Waals surface area (Å²) in [4.78, 5) is 16.6. The molecule has 2 aromatic heterocycles. The molecule has 210 valence electrons. The van der Waals surface area contributed by atoms with Crippen LogP contribution in [0, 0.1) is 0 Å². The number of hydrogen-bond acceptors (Lipinski definition) is 6. The molecule has 0 radical (unpaired) electrons. The predicted octanol–water partition coefficient (Wildman–Crippen LogP) is 5.70. The number of nitrogens with one attached hydrogen (secondary N) is 2. The summed E-state index contributed by atoms with van der Waals surface area (Å²) in [6.45, 7) is 0.741. The van der Waals surface area contributed by atoms with Gasteiger partial charge >= 0.3 is 0 Å². The number of furan rings is 1. The van der Waals surface area contributed by atoms with Crippen molar-refractivity contribution in [3.63, 3.8) is 0 Å². The molecular weight excluding hydrogens is 520 g/mol. The molecule has 0 bridgehead atoms. The smallest absolute Gasteiger partial charge is 0.286 e. The minimum atomic E-state index is -0.627. The molecule has 1 amide bonds. The number of H-pyrrole nitrogens is 1. The Balaban J connectivity index is 1.17. The van der Waals surface area contributed by atoms with Crippen LogP contribution in [0.4, 0.5) is 0 Å². The Morgan fingerprint density at radius 3 is 2.73 bits per heavy atom. The third-order valence-electron chi connectivity index (χ3n) is 7.49. The van der Waals surface area contributed by atoms with Crippen molar-refractivity contribution in [2.45, 2.75) is 38.3 Å². The van der Waals surface area contributed by atoms with Crippen LogP contribution in [0.15, 0.2) is 95.4 Å². The Morgan fingerprint density at radius 1 is 1.07 bits per heavy atom. The van der Waals surface area contributed by atoms with E-state index in [0.29, 0.717) is 26.0 Å². The SMILES string of the molecule is COc1ccc2[nH]cc(CCNC(=O)C3=C[C@@H](c4coc5ccccc45)C[C@@H](OCc4ccc(CO)cc4)O3)c2c1. The van der Waals surface area contributed by atoms with Crippen LogP contribution in [0.1, 0.15) is 34.6 Å². The summed E-state index contributed by atoms with van der Waals surface area (Å²) < 4.78 is 23.4. The summed E-state index contributed by atoms with van der Waals surface area (Å²) >= 11 is 0. The summed E-state index contributed by atoms with van der Waals surface area (Å²) in [5.41, 5.74) is 5.68. The van der Waals surface area contributed by atoms with E-state index in [0.717, 1.165) is 49.9 Å². The third-order valence-corrected chi connectivity index (χ3v) is 7.49. The van der Waals surface area contributed by atoms with Crippen molar-refractivity contribution >= 4 is 27.8 Å². The van der Waals surface area contributed by atoms with Gasteiger partial charge in [0.15, 0.2) is 5.76 Å². The highest BCUT2D eigenvalue weighted by Crippen LogP contribution is 2.36. The number of aliphatic hydroxyl groups excluding tert-OH is 1. The van der Waals surface area contributed by atoms with Crippen molar-refractivity contribution in [2.24, 2.45) is 0 Å². The third kappa shape index (κ3) is 5.84. The highest BCUT2D eigenvalue weighted by molar-refractivity contribution is 5.92. The second kappa shape index (κ2) is 11.9. The first-order valence-electron chi connectivity index (χ1n) is 13.7. The molecule has 1 aliphatic rings. The number of fused-ring (bicyclic) bond motifs is 2. The number of ether oxygens (including phenoxy) is 3. The molecule has 1 aliphatic heterocycles. The van der Waals surface area contributed by atoms with E-state index in [1.807, 2.05) is 79.0 Å². The Bertz CT molecular complexity index is 1680. The zero-order valence-electron chi connectivity index (χ0n) is 22.8. The van der Waals surface area contributed by atoms with Gasteiger partial charge in [-0.3, -0.25) is 4.79 Å². The van der Waals surface area contributed by atoms with Crippen LogP contribution in [0.3, 0.4) is 0 Å². The molecule has 3 N–H and O–H groups in total. The molecule has 5 aromatic rings. The number of hydrogen-bond donors (Lipinski definition) is 3. The lowest BCUT2D eigenvalue weighted by Crippen LogP contribution is -2.33. The lowest BCUT2D eigenvalue weighted by molar-refractivity contribution is -0.150. The van der Waals surface area contributed by atoms with Gasteiger partial charge in [0.2, 0.25) is 6.29 Å². The second-order valence-corrected chi connectivity index (χ2v) is 10.1. The highest BCUT2D eigenvalue weighted by atomic mass is 16.7. The minimum Gasteiger partial charge on any atom is -0.497 e. The van der Waals surface area contributed by atoms with Crippen molar-refractivity contribution in [3.8, 4) is 5.75 Å². The van der Waals surface area contributed by atoms with Crippen LogP contribution in [-0.2, 0) is 33.9 Å². The average molecular weight is 553 g/mol. The standard InChI is InChI=1S/C33H32N2O6/c1-38-25-10-11-29-27(16-25)23(17-35-29)12-13-34-33(37)31-14-24(28-20-39-30-5-3-2-4-26(28)30)15-32(41-31)40-19-22-8-6-21(18-36)7-9-22/h2-11,14,16-17,20,24,32,35-36H,12-13,15,18-19H2,1H3,(H,34,37)/t24-,32+/m1/s1. The molecule has 3 aromatic carbocycles. The number of para-hydroxylation sites is 1. The van der Waals surface area contributed by atoms with Gasteiger partial charge in [-0.1, -0.05) is 42.5 Å². The molecule has 3 heterocycles. The van der Waals surface area contributed by atoms with Crippen molar-refractivity contribution in [1.82, 2.24) is 10.3 Å². The second-order valence-electron chi connectivity index (χ2n) is 10.1. The summed E-state index contributed by atoms with van der Waals surface area (Å²) in [6.07, 6.45) is 6.13. The molecule has 0 spiro atoms. The van der Waals surface area contributed by atoms with E-state index in [2.05, 4.69) is 10.3 Å². The summed E-state index contributed by atoms with van der Waals surface area (Å²) in [7, 11) is 1.65. The summed E-state index contributed by atoms with van der Waals surface area (Å²) in [6, 6.07) is 21.3. The quantitative estimate of drug-likeness (QED) is 0.205. The predicted molar refractivity (Wildman–Crippen MR) is 155 cm³/mol. The lowest BCUT2D eigenvalue weighted by atomic mass is 9.92. The maximum Gasteiger partial charge on any atom is 0.286 e. The van der Waals surface area contributed by atoms with Gasteiger partial charge in [0, 0.05) is 46.9 Å². The van der Waals surface area contributed by atoms with Gasteiger partial charge in [-0.25, -0.2) is 0 Å². The first-order valence-corrected chi connectivity index (χ1v) is 13.7. The monoisotopic (exact) mass is 552 g/mol. The number of carbonyl (C=O) groups excluding carboxylic acids is 1. The van der Waals surface area contributed by atoms with Crippen LogP contribution in [0.2, 0.25) is 0 Å². The van der Waals surface area contributed by atoms with Crippen LogP contribution < -0.4 is 10.1 Å².